The number of aromatic nitrogens is 3. The Bertz CT molecular complexity index is 815. The molecule has 9 heteroatoms. The van der Waals surface area contributed by atoms with Crippen LogP contribution in [0.1, 0.15) is 17.0 Å². The Balaban J connectivity index is 1.38. The molecule has 1 N–H and O–H groups in total. The summed E-state index contributed by atoms with van der Waals surface area (Å²) >= 11 is 5.87. The average molecular weight is 394 g/mol. The van der Waals surface area contributed by atoms with Gasteiger partial charge in [-0.3, -0.25) is 14.4 Å². The quantitative estimate of drug-likeness (QED) is 0.798. The molecule has 0 unspecified atom stereocenters. The van der Waals surface area contributed by atoms with Crippen molar-refractivity contribution < 1.29 is 14.1 Å². The Labute approximate surface area is 162 Å². The number of nitrogens with one attached hydrogen (secondary N) is 1. The zero-order chi connectivity index (χ0) is 19.0. The van der Waals surface area contributed by atoms with E-state index in [1.165, 1.54) is 0 Å². The van der Waals surface area contributed by atoms with Crippen LogP contribution >= 0.6 is 11.6 Å². The van der Waals surface area contributed by atoms with E-state index in [2.05, 4.69) is 20.5 Å². The molecular formula is C18H24ClN5O3. The van der Waals surface area contributed by atoms with Crippen molar-refractivity contribution in [3.63, 3.8) is 0 Å². The van der Waals surface area contributed by atoms with Gasteiger partial charge >= 0.3 is 0 Å². The minimum Gasteiger partial charge on any atom is -0.380 e. The van der Waals surface area contributed by atoms with Crippen molar-refractivity contribution in [2.75, 3.05) is 32.8 Å². The molecule has 0 radical (unpaired) electrons. The van der Waals surface area contributed by atoms with Crippen molar-refractivity contribution in [1.29, 1.82) is 0 Å². The third-order valence-corrected chi connectivity index (χ3v) is 5.88. The molecule has 0 spiro atoms. The van der Waals surface area contributed by atoms with E-state index in [1.807, 2.05) is 13.8 Å². The highest BCUT2D eigenvalue weighted by atomic mass is 35.5. The number of ether oxygens (including phenoxy) is 1. The number of rotatable bonds is 6. The fourth-order valence-corrected chi connectivity index (χ4v) is 4.31. The molecule has 0 aromatic carbocycles. The molecule has 0 bridgehead atoms. The highest BCUT2D eigenvalue weighted by Crippen LogP contribution is 2.42. The van der Waals surface area contributed by atoms with Crippen molar-refractivity contribution in [2.45, 2.75) is 26.9 Å². The Morgan fingerprint density at radius 3 is 3.04 bits per heavy atom. The lowest BCUT2D eigenvalue weighted by molar-refractivity contribution is -0.131. The maximum Gasteiger partial charge on any atom is 0.230 e. The third-order valence-electron chi connectivity index (χ3n) is 5.69. The summed E-state index contributed by atoms with van der Waals surface area (Å²) in [5.41, 5.74) is 1.54. The standard InChI is InChI=1S/C18H24ClN5O3/c1-12-16(13(2)27-22-12)8-23-6-14-9-26-11-18(14,10-23)17(25)20-3-4-24-7-15(19)5-21-24/h5,7,14H,3-4,6,8-11H2,1-2H3,(H,20,25)/t14-,18-/m1/s1. The number of amides is 1. The number of carbonyl (C=O) groups is 1. The third kappa shape index (κ3) is 3.49. The second-order valence-corrected chi connectivity index (χ2v) is 7.95. The van der Waals surface area contributed by atoms with Crippen LogP contribution in [-0.2, 0) is 22.6 Å². The number of aryl methyl sites for hydroxylation is 2. The van der Waals surface area contributed by atoms with Crippen LogP contribution in [0.2, 0.25) is 5.02 Å². The van der Waals surface area contributed by atoms with Gasteiger partial charge in [-0.05, 0) is 13.8 Å². The van der Waals surface area contributed by atoms with Gasteiger partial charge in [-0.1, -0.05) is 16.8 Å². The first-order chi connectivity index (χ1) is 13.0. The summed E-state index contributed by atoms with van der Waals surface area (Å²) in [7, 11) is 0. The second kappa shape index (κ2) is 7.26. The topological polar surface area (TPSA) is 85.4 Å². The molecule has 2 aromatic heterocycles. The largest absolute Gasteiger partial charge is 0.380 e. The van der Waals surface area contributed by atoms with E-state index in [0.717, 1.165) is 30.1 Å². The molecule has 2 aliphatic rings. The molecule has 0 aliphatic carbocycles. The van der Waals surface area contributed by atoms with Crippen molar-refractivity contribution in [3.8, 4) is 0 Å². The van der Waals surface area contributed by atoms with Gasteiger partial charge in [0, 0.05) is 43.9 Å². The molecule has 2 fully saturated rings. The molecule has 146 valence electrons. The van der Waals surface area contributed by atoms with Crippen molar-refractivity contribution in [2.24, 2.45) is 11.3 Å². The molecule has 2 aliphatic heterocycles. The predicted octanol–water partition coefficient (Wildman–Crippen LogP) is 1.41. The molecule has 2 atom stereocenters. The van der Waals surface area contributed by atoms with Gasteiger partial charge in [0.15, 0.2) is 0 Å². The van der Waals surface area contributed by atoms with Gasteiger partial charge in [0.1, 0.15) is 5.76 Å². The minimum atomic E-state index is -0.485. The zero-order valence-corrected chi connectivity index (χ0v) is 16.3. The molecule has 4 rings (SSSR count). The molecule has 0 saturated carbocycles. The van der Waals surface area contributed by atoms with E-state index in [-0.39, 0.29) is 11.8 Å². The first-order valence-electron chi connectivity index (χ1n) is 9.16. The van der Waals surface area contributed by atoms with Crippen LogP contribution in [0.3, 0.4) is 0 Å². The maximum atomic E-state index is 13.0. The zero-order valence-electron chi connectivity index (χ0n) is 15.6. The smallest absolute Gasteiger partial charge is 0.230 e. The highest BCUT2D eigenvalue weighted by molar-refractivity contribution is 6.30. The van der Waals surface area contributed by atoms with E-state index in [4.69, 9.17) is 20.9 Å². The summed E-state index contributed by atoms with van der Waals surface area (Å²) in [6.07, 6.45) is 3.33. The van der Waals surface area contributed by atoms with Gasteiger partial charge in [-0.25, -0.2) is 0 Å². The number of nitrogens with zero attached hydrogens (tertiary/aromatic N) is 4. The van der Waals surface area contributed by atoms with Crippen molar-refractivity contribution in [3.05, 3.63) is 34.4 Å². The number of likely N-dealkylation sites (tertiary alicyclic amines) is 1. The lowest BCUT2D eigenvalue weighted by atomic mass is 9.80. The Hall–Kier alpha value is -1.90. The van der Waals surface area contributed by atoms with E-state index < -0.39 is 5.41 Å². The second-order valence-electron chi connectivity index (χ2n) is 7.52. The maximum absolute atomic E-state index is 13.0. The summed E-state index contributed by atoms with van der Waals surface area (Å²) in [6, 6.07) is 0. The number of fused-ring (bicyclic) bond motifs is 1. The summed E-state index contributed by atoms with van der Waals surface area (Å²) in [4.78, 5) is 15.3. The molecule has 4 heterocycles. The number of hydrogen-bond donors (Lipinski definition) is 1. The molecule has 2 aromatic rings. The lowest BCUT2D eigenvalue weighted by Crippen LogP contribution is -2.47. The fourth-order valence-electron chi connectivity index (χ4n) is 4.15. The van der Waals surface area contributed by atoms with E-state index in [9.17, 15) is 4.79 Å². The average Bonchev–Trinajstić information content (AvgIpc) is 3.36. The van der Waals surface area contributed by atoms with E-state index in [1.54, 1.807) is 17.1 Å². The minimum absolute atomic E-state index is 0.0597. The predicted molar refractivity (Wildman–Crippen MR) is 98.2 cm³/mol. The van der Waals surface area contributed by atoms with Gasteiger partial charge in [-0.2, -0.15) is 5.10 Å². The Morgan fingerprint density at radius 1 is 1.48 bits per heavy atom. The normalized spacial score (nSPS) is 25.1. The van der Waals surface area contributed by atoms with Crippen molar-refractivity contribution in [1.82, 2.24) is 25.2 Å². The number of halogens is 1. The number of carbonyl (C=O) groups excluding carboxylic acids is 1. The first kappa shape index (κ1) is 18.5. The number of hydrogen-bond acceptors (Lipinski definition) is 6. The first-order valence-corrected chi connectivity index (χ1v) is 9.54. The summed E-state index contributed by atoms with van der Waals surface area (Å²) in [5.74, 6) is 1.11. The molecule has 1 amide bonds. The Morgan fingerprint density at radius 2 is 2.33 bits per heavy atom. The summed E-state index contributed by atoms with van der Waals surface area (Å²) in [6.45, 7) is 8.34. The molecule has 27 heavy (non-hydrogen) atoms. The lowest BCUT2D eigenvalue weighted by Gasteiger charge is -2.26. The van der Waals surface area contributed by atoms with Crippen LogP contribution in [0, 0.1) is 25.2 Å². The van der Waals surface area contributed by atoms with Crippen LogP contribution in [0.4, 0.5) is 0 Å². The van der Waals surface area contributed by atoms with Gasteiger partial charge in [0.05, 0.1) is 42.1 Å². The summed E-state index contributed by atoms with van der Waals surface area (Å²) < 4.78 is 12.7. The molecular weight excluding hydrogens is 370 g/mol. The SMILES string of the molecule is Cc1noc(C)c1CN1C[C@@H]2COC[C@]2(C(=O)NCCn2cc(Cl)cn2)C1. The van der Waals surface area contributed by atoms with Crippen LogP contribution in [0.15, 0.2) is 16.9 Å². The van der Waals surface area contributed by atoms with Crippen LogP contribution in [-0.4, -0.2) is 58.6 Å². The van der Waals surface area contributed by atoms with Gasteiger partial charge in [0.2, 0.25) is 5.91 Å². The van der Waals surface area contributed by atoms with Crippen molar-refractivity contribution >= 4 is 17.5 Å². The van der Waals surface area contributed by atoms with E-state index in [0.29, 0.717) is 37.9 Å². The fraction of sp³-hybridized carbons (Fsp3) is 0.611. The van der Waals surface area contributed by atoms with Crippen LogP contribution < -0.4 is 5.32 Å². The van der Waals surface area contributed by atoms with Crippen LogP contribution in [0.25, 0.3) is 0 Å². The monoisotopic (exact) mass is 393 g/mol. The van der Waals surface area contributed by atoms with Gasteiger partial charge in [-0.15, -0.1) is 0 Å². The molecule has 8 nitrogen and oxygen atoms in total. The van der Waals surface area contributed by atoms with E-state index >= 15 is 0 Å². The van der Waals surface area contributed by atoms with Gasteiger partial charge in [0.25, 0.3) is 0 Å². The molecule has 2 saturated heterocycles. The van der Waals surface area contributed by atoms with Gasteiger partial charge < -0.3 is 14.6 Å². The Kier molecular flexibility index (Phi) is 4.96. The van der Waals surface area contributed by atoms with Crippen LogP contribution in [0.5, 0.6) is 0 Å². The summed E-state index contributed by atoms with van der Waals surface area (Å²) in [5, 5.41) is 11.8. The highest BCUT2D eigenvalue weighted by Gasteiger charge is 2.55.